The van der Waals surface area contributed by atoms with Crippen LogP contribution in [0.2, 0.25) is 5.02 Å². The number of hydrogen-bond donors (Lipinski definition) is 2. The van der Waals surface area contributed by atoms with E-state index in [1.54, 1.807) is 17.0 Å². The van der Waals surface area contributed by atoms with E-state index in [-0.39, 0.29) is 5.02 Å². The molecule has 0 bridgehead atoms. The second-order valence-corrected chi connectivity index (χ2v) is 8.40. The highest BCUT2D eigenvalue weighted by atomic mass is 35.5. The zero-order valence-corrected chi connectivity index (χ0v) is 16.1. The Balaban J connectivity index is 1.71. The number of nitrogens with zero attached hydrogens (tertiary/aromatic N) is 1. The van der Waals surface area contributed by atoms with E-state index in [9.17, 15) is 12.8 Å². The molecule has 0 spiro atoms. The Morgan fingerprint density at radius 2 is 1.81 bits per heavy atom. The highest BCUT2D eigenvalue weighted by Gasteiger charge is 2.21. The van der Waals surface area contributed by atoms with Crippen molar-refractivity contribution in [1.82, 2.24) is 0 Å². The minimum absolute atomic E-state index is 0.149. The molecule has 5 nitrogen and oxygen atoms in total. The van der Waals surface area contributed by atoms with Crippen molar-refractivity contribution in [2.24, 2.45) is 0 Å². The molecular weight excluding hydrogens is 377 g/mol. The zero-order valence-electron chi connectivity index (χ0n) is 14.5. The summed E-state index contributed by atoms with van der Waals surface area (Å²) >= 11 is 5.68. The van der Waals surface area contributed by atoms with Gasteiger partial charge in [0.05, 0.1) is 32.7 Å². The van der Waals surface area contributed by atoms with E-state index in [2.05, 4.69) is 16.5 Å². The molecule has 0 aromatic heterocycles. The summed E-state index contributed by atoms with van der Waals surface area (Å²) in [6.07, 6.45) is 0. The maximum Gasteiger partial charge on any atom is 0.264 e. The molecule has 0 saturated carbocycles. The largest absolute Gasteiger partial charge is 0.360 e. The highest BCUT2D eigenvalue weighted by molar-refractivity contribution is 7.92. The summed E-state index contributed by atoms with van der Waals surface area (Å²) in [5.74, 6) is -0.877. The van der Waals surface area contributed by atoms with Crippen LogP contribution in [0, 0.1) is 5.82 Å². The van der Waals surface area contributed by atoms with E-state index in [0.29, 0.717) is 5.69 Å². The van der Waals surface area contributed by atoms with Gasteiger partial charge in [-0.1, -0.05) is 11.6 Å². The lowest BCUT2D eigenvalue weighted by molar-refractivity contribution is -0.898. The summed E-state index contributed by atoms with van der Waals surface area (Å²) in [4.78, 5) is 3.45. The van der Waals surface area contributed by atoms with Gasteiger partial charge in [-0.2, -0.15) is 0 Å². The molecular formula is C18H22ClFN3O2S+. The van der Waals surface area contributed by atoms with Gasteiger partial charge in [0.1, 0.15) is 10.7 Å². The van der Waals surface area contributed by atoms with Gasteiger partial charge in [0, 0.05) is 16.4 Å². The van der Waals surface area contributed by atoms with Crippen LogP contribution in [0.5, 0.6) is 0 Å². The summed E-state index contributed by atoms with van der Waals surface area (Å²) in [5.41, 5.74) is 1.45. The molecule has 0 unspecified atom stereocenters. The van der Waals surface area contributed by atoms with Crippen molar-refractivity contribution in [3.05, 3.63) is 53.3 Å². The molecule has 0 radical (unpaired) electrons. The van der Waals surface area contributed by atoms with Gasteiger partial charge in [-0.05, 0) is 49.4 Å². The first-order valence-electron chi connectivity index (χ1n) is 8.55. The second kappa shape index (κ2) is 7.82. The van der Waals surface area contributed by atoms with Gasteiger partial charge in [0.2, 0.25) is 0 Å². The van der Waals surface area contributed by atoms with Crippen LogP contribution >= 0.6 is 11.6 Å². The van der Waals surface area contributed by atoms with Gasteiger partial charge in [-0.15, -0.1) is 0 Å². The van der Waals surface area contributed by atoms with E-state index in [1.807, 2.05) is 12.1 Å². The molecule has 2 aromatic carbocycles. The molecule has 1 aliphatic rings. The Labute approximate surface area is 158 Å². The lowest BCUT2D eigenvalue weighted by atomic mass is 10.2. The minimum Gasteiger partial charge on any atom is -0.360 e. The van der Waals surface area contributed by atoms with Crippen LogP contribution in [0.3, 0.4) is 0 Å². The number of anilines is 2. The third kappa shape index (κ3) is 4.28. The van der Waals surface area contributed by atoms with E-state index >= 15 is 0 Å². The molecule has 0 atom stereocenters. The van der Waals surface area contributed by atoms with Crippen LogP contribution in [0.4, 0.5) is 15.8 Å². The average molecular weight is 399 g/mol. The predicted molar refractivity (Wildman–Crippen MR) is 102 cm³/mol. The van der Waals surface area contributed by atoms with Crippen LogP contribution in [-0.2, 0) is 10.0 Å². The molecule has 0 aliphatic carbocycles. The lowest BCUT2D eigenvalue weighted by Gasteiger charge is -2.33. The Bertz CT molecular complexity index is 867. The van der Waals surface area contributed by atoms with Crippen molar-refractivity contribution >= 4 is 33.0 Å². The fourth-order valence-corrected chi connectivity index (χ4v) is 4.36. The Hall–Kier alpha value is -1.83. The second-order valence-electron chi connectivity index (χ2n) is 6.32. The number of rotatable bonds is 5. The number of hydrogen-bond acceptors (Lipinski definition) is 3. The van der Waals surface area contributed by atoms with Crippen LogP contribution in [0.1, 0.15) is 6.92 Å². The van der Waals surface area contributed by atoms with Gasteiger partial charge in [0.25, 0.3) is 10.0 Å². The molecule has 2 aromatic rings. The fourth-order valence-electron chi connectivity index (χ4n) is 3.08. The number of piperazine rings is 1. The van der Waals surface area contributed by atoms with Crippen molar-refractivity contribution in [3.8, 4) is 0 Å². The summed E-state index contributed by atoms with van der Waals surface area (Å²) in [6.45, 7) is 7.47. The summed E-state index contributed by atoms with van der Waals surface area (Å²) in [7, 11) is -4.01. The predicted octanol–water partition coefficient (Wildman–Crippen LogP) is 2.00. The van der Waals surface area contributed by atoms with Gasteiger partial charge in [-0.25, -0.2) is 12.8 Å². The maximum absolute atomic E-state index is 13.9. The van der Waals surface area contributed by atoms with Crippen molar-refractivity contribution in [2.75, 3.05) is 42.3 Å². The van der Waals surface area contributed by atoms with Crippen LogP contribution in [0.25, 0.3) is 0 Å². The molecule has 0 amide bonds. The Morgan fingerprint density at radius 1 is 1.15 bits per heavy atom. The monoisotopic (exact) mass is 398 g/mol. The summed E-state index contributed by atoms with van der Waals surface area (Å²) in [5, 5.41) is 0.149. The van der Waals surface area contributed by atoms with Crippen molar-refractivity contribution in [3.63, 3.8) is 0 Å². The third-order valence-corrected chi connectivity index (χ3v) is 6.29. The van der Waals surface area contributed by atoms with Crippen LogP contribution in [0.15, 0.2) is 47.4 Å². The quantitative estimate of drug-likeness (QED) is 0.810. The summed E-state index contributed by atoms with van der Waals surface area (Å²) < 4.78 is 41.1. The van der Waals surface area contributed by atoms with Crippen LogP contribution in [-0.4, -0.2) is 41.1 Å². The van der Waals surface area contributed by atoms with Crippen molar-refractivity contribution in [2.45, 2.75) is 11.8 Å². The molecule has 2 N–H and O–H groups in total. The van der Waals surface area contributed by atoms with E-state index in [0.717, 1.165) is 50.5 Å². The molecule has 3 rings (SSSR count). The Kier molecular flexibility index (Phi) is 5.70. The number of sulfonamides is 1. The molecule has 1 saturated heterocycles. The molecule has 26 heavy (non-hydrogen) atoms. The smallest absolute Gasteiger partial charge is 0.264 e. The molecule has 140 valence electrons. The number of likely N-dealkylation sites (N-methyl/N-ethyl adjacent to an activating group) is 1. The van der Waals surface area contributed by atoms with E-state index < -0.39 is 20.7 Å². The fraction of sp³-hybridized carbons (Fsp3) is 0.333. The number of benzene rings is 2. The zero-order chi connectivity index (χ0) is 18.7. The first-order chi connectivity index (χ1) is 12.4. The topological polar surface area (TPSA) is 53.9 Å². The molecule has 1 fully saturated rings. The van der Waals surface area contributed by atoms with Crippen LogP contribution < -0.4 is 14.5 Å². The van der Waals surface area contributed by atoms with Gasteiger partial charge in [-0.3, -0.25) is 4.72 Å². The average Bonchev–Trinajstić information content (AvgIpc) is 2.62. The molecule has 1 heterocycles. The molecule has 1 aliphatic heterocycles. The first kappa shape index (κ1) is 18.9. The van der Waals surface area contributed by atoms with Gasteiger partial charge < -0.3 is 9.80 Å². The van der Waals surface area contributed by atoms with E-state index in [4.69, 9.17) is 11.6 Å². The number of nitrogens with one attached hydrogen (secondary N) is 2. The van der Waals surface area contributed by atoms with Gasteiger partial charge >= 0.3 is 0 Å². The number of halogens is 2. The standard InChI is InChI=1S/C18H21ClFN3O2S/c1-2-22-9-11-23(12-10-22)16-6-4-15(5-7-16)21-26(24,25)18-8-3-14(19)13-17(18)20/h3-8,13,21H,2,9-12H2,1H3/p+1. The Morgan fingerprint density at radius 3 is 2.38 bits per heavy atom. The number of quaternary nitrogens is 1. The van der Waals surface area contributed by atoms with E-state index in [1.165, 1.54) is 6.07 Å². The summed E-state index contributed by atoms with van der Waals surface area (Å²) in [6, 6.07) is 10.6. The minimum atomic E-state index is -4.01. The normalized spacial score (nSPS) is 15.9. The first-order valence-corrected chi connectivity index (χ1v) is 10.4. The SMILES string of the molecule is CC[NH+]1CCN(c2ccc(NS(=O)(=O)c3ccc(Cl)cc3F)cc2)CC1. The lowest BCUT2D eigenvalue weighted by Crippen LogP contribution is -3.14. The highest BCUT2D eigenvalue weighted by Crippen LogP contribution is 2.23. The third-order valence-electron chi connectivity index (χ3n) is 4.64. The van der Waals surface area contributed by atoms with Gasteiger partial charge in [0.15, 0.2) is 0 Å². The van der Waals surface area contributed by atoms with Crippen molar-refractivity contribution < 1.29 is 17.7 Å². The molecule has 8 heteroatoms. The van der Waals surface area contributed by atoms with Crippen molar-refractivity contribution in [1.29, 1.82) is 0 Å². The maximum atomic E-state index is 13.9.